The van der Waals surface area contributed by atoms with Crippen LogP contribution in [-0.2, 0) is 16.0 Å². The maximum atomic E-state index is 11.7. The van der Waals surface area contributed by atoms with Crippen molar-refractivity contribution in [3.63, 3.8) is 0 Å². The van der Waals surface area contributed by atoms with E-state index in [0.717, 1.165) is 28.8 Å². The Hall–Kier alpha value is -0.190. The van der Waals surface area contributed by atoms with Crippen LogP contribution in [0, 0.1) is 0 Å². The van der Waals surface area contributed by atoms with Crippen molar-refractivity contribution in [3.8, 4) is 0 Å². The van der Waals surface area contributed by atoms with Gasteiger partial charge < -0.3 is 4.74 Å². The van der Waals surface area contributed by atoms with Gasteiger partial charge in [-0.1, -0.05) is 0 Å². The van der Waals surface area contributed by atoms with Crippen molar-refractivity contribution in [2.45, 2.75) is 31.8 Å². The molecule has 0 amide bonds. The molecule has 0 saturated carbocycles. The van der Waals surface area contributed by atoms with Crippen LogP contribution in [0.2, 0.25) is 0 Å². The average molecular weight is 289 g/mol. The molecule has 2 nitrogen and oxygen atoms in total. The Kier molecular flexibility index (Phi) is 3.94. The van der Waals surface area contributed by atoms with Gasteiger partial charge in [-0.3, -0.25) is 4.79 Å². The molecule has 0 aromatic carbocycles. The first-order valence-electron chi connectivity index (χ1n) is 5.10. The Morgan fingerprint density at radius 1 is 1.67 bits per heavy atom. The second-order valence-corrected chi connectivity index (χ2v) is 5.70. The van der Waals surface area contributed by atoms with Crippen LogP contribution in [-0.4, -0.2) is 18.5 Å². The molecule has 0 radical (unpaired) electrons. The number of halogens is 1. The quantitative estimate of drug-likeness (QED) is 0.851. The van der Waals surface area contributed by atoms with Crippen LogP contribution in [0.5, 0.6) is 0 Å². The van der Waals surface area contributed by atoms with Gasteiger partial charge in [0, 0.05) is 34.2 Å². The molecule has 1 fully saturated rings. The Morgan fingerprint density at radius 2 is 2.53 bits per heavy atom. The second kappa shape index (κ2) is 5.23. The van der Waals surface area contributed by atoms with E-state index in [1.165, 1.54) is 0 Å². The summed E-state index contributed by atoms with van der Waals surface area (Å²) in [6.07, 6.45) is 3.45. The zero-order chi connectivity index (χ0) is 10.7. The van der Waals surface area contributed by atoms with Gasteiger partial charge in [0.1, 0.15) is 5.78 Å². The largest absolute Gasteiger partial charge is 0.378 e. The van der Waals surface area contributed by atoms with Gasteiger partial charge in [-0.2, -0.15) is 0 Å². The van der Waals surface area contributed by atoms with Crippen LogP contribution in [0.1, 0.15) is 24.1 Å². The number of hydrogen-bond acceptors (Lipinski definition) is 3. The molecule has 82 valence electrons. The molecule has 1 atom stereocenters. The van der Waals surface area contributed by atoms with E-state index < -0.39 is 0 Å². The lowest BCUT2D eigenvalue weighted by Crippen LogP contribution is -2.13. The molecular formula is C11H13BrO2S. The topological polar surface area (TPSA) is 26.3 Å². The molecule has 0 aliphatic carbocycles. The molecule has 0 bridgehead atoms. The number of ether oxygens (including phenoxy) is 1. The highest BCUT2D eigenvalue weighted by atomic mass is 79.9. The first-order chi connectivity index (χ1) is 7.24. The van der Waals surface area contributed by atoms with Crippen LogP contribution in [0.15, 0.2) is 15.9 Å². The molecule has 0 spiro atoms. The van der Waals surface area contributed by atoms with Crippen LogP contribution in [0.4, 0.5) is 0 Å². The lowest BCUT2D eigenvalue weighted by Gasteiger charge is -2.06. The Morgan fingerprint density at radius 3 is 3.13 bits per heavy atom. The number of carbonyl (C=O) groups excluding carboxylic acids is 1. The molecule has 1 saturated heterocycles. The van der Waals surface area contributed by atoms with E-state index in [4.69, 9.17) is 4.74 Å². The maximum Gasteiger partial charge on any atom is 0.140 e. The monoisotopic (exact) mass is 288 g/mol. The summed E-state index contributed by atoms with van der Waals surface area (Å²) < 4.78 is 6.50. The average Bonchev–Trinajstić information content (AvgIpc) is 2.77. The lowest BCUT2D eigenvalue weighted by molar-refractivity contribution is -0.120. The molecule has 1 unspecified atom stereocenters. The van der Waals surface area contributed by atoms with Gasteiger partial charge >= 0.3 is 0 Å². The van der Waals surface area contributed by atoms with Gasteiger partial charge in [0.25, 0.3) is 0 Å². The van der Waals surface area contributed by atoms with Crippen LogP contribution in [0.3, 0.4) is 0 Å². The molecule has 2 heterocycles. The summed E-state index contributed by atoms with van der Waals surface area (Å²) in [7, 11) is 0. The molecule has 1 aromatic rings. The van der Waals surface area contributed by atoms with Gasteiger partial charge in [0.2, 0.25) is 0 Å². The van der Waals surface area contributed by atoms with Crippen LogP contribution >= 0.6 is 27.3 Å². The maximum absolute atomic E-state index is 11.7. The predicted molar refractivity (Wildman–Crippen MR) is 64.3 cm³/mol. The van der Waals surface area contributed by atoms with E-state index in [0.29, 0.717) is 12.8 Å². The minimum atomic E-state index is 0.181. The summed E-state index contributed by atoms with van der Waals surface area (Å²) in [5.74, 6) is 0.288. The number of rotatable bonds is 4. The first-order valence-corrected chi connectivity index (χ1v) is 6.77. The zero-order valence-electron chi connectivity index (χ0n) is 8.37. The first kappa shape index (κ1) is 11.3. The third-order valence-electron chi connectivity index (χ3n) is 2.47. The Bertz CT molecular complexity index is 342. The smallest absolute Gasteiger partial charge is 0.140 e. The molecule has 4 heteroatoms. The van der Waals surface area contributed by atoms with E-state index in [2.05, 4.69) is 15.9 Å². The predicted octanol–water partition coefficient (Wildman–Crippen LogP) is 3.19. The van der Waals surface area contributed by atoms with Gasteiger partial charge in [-0.15, -0.1) is 11.3 Å². The molecule has 2 rings (SSSR count). The molecule has 15 heavy (non-hydrogen) atoms. The Labute approximate surface area is 102 Å². The minimum Gasteiger partial charge on any atom is -0.378 e. The van der Waals surface area contributed by atoms with Gasteiger partial charge in [0.15, 0.2) is 0 Å². The number of ketones is 1. The SMILES string of the molecule is O=C(Cc1cc(Br)cs1)CC1CCCO1. The molecule has 1 aliphatic rings. The summed E-state index contributed by atoms with van der Waals surface area (Å²) in [5, 5.41) is 2.01. The normalized spacial score (nSPS) is 20.7. The highest BCUT2D eigenvalue weighted by molar-refractivity contribution is 9.10. The number of Topliss-reactive ketones (excluding diaryl/α,β-unsaturated/α-hetero) is 1. The van der Waals surface area contributed by atoms with Crippen LogP contribution < -0.4 is 0 Å². The molecular weight excluding hydrogens is 276 g/mol. The highest BCUT2D eigenvalue weighted by Gasteiger charge is 2.19. The van der Waals surface area contributed by atoms with Gasteiger partial charge in [-0.05, 0) is 34.8 Å². The zero-order valence-corrected chi connectivity index (χ0v) is 10.8. The lowest BCUT2D eigenvalue weighted by atomic mass is 10.1. The fourth-order valence-corrected chi connectivity index (χ4v) is 3.25. The third-order valence-corrected chi connectivity index (χ3v) is 4.17. The highest BCUT2D eigenvalue weighted by Crippen LogP contribution is 2.22. The number of carbonyl (C=O) groups is 1. The fraction of sp³-hybridized carbons (Fsp3) is 0.545. The van der Waals surface area contributed by atoms with Crippen molar-refractivity contribution in [2.24, 2.45) is 0 Å². The molecule has 0 N–H and O–H groups in total. The van der Waals surface area contributed by atoms with E-state index in [1.54, 1.807) is 11.3 Å². The summed E-state index contributed by atoms with van der Waals surface area (Å²) in [5.41, 5.74) is 0. The summed E-state index contributed by atoms with van der Waals surface area (Å²) in [6, 6.07) is 2.01. The second-order valence-electron chi connectivity index (χ2n) is 3.79. The summed E-state index contributed by atoms with van der Waals surface area (Å²) in [4.78, 5) is 12.8. The minimum absolute atomic E-state index is 0.181. The van der Waals surface area contributed by atoms with E-state index in [-0.39, 0.29) is 11.9 Å². The van der Waals surface area contributed by atoms with Crippen molar-refractivity contribution >= 4 is 33.0 Å². The van der Waals surface area contributed by atoms with E-state index in [1.807, 2.05) is 11.4 Å². The number of thiophene rings is 1. The summed E-state index contributed by atoms with van der Waals surface area (Å²) >= 11 is 5.01. The van der Waals surface area contributed by atoms with Crippen molar-refractivity contribution in [2.75, 3.05) is 6.61 Å². The standard InChI is InChI=1S/C11H13BrO2S/c12-8-4-11(15-7-8)6-9(13)5-10-2-1-3-14-10/h4,7,10H,1-3,5-6H2. The van der Waals surface area contributed by atoms with Crippen molar-refractivity contribution < 1.29 is 9.53 Å². The van der Waals surface area contributed by atoms with Crippen LogP contribution in [0.25, 0.3) is 0 Å². The number of hydrogen-bond donors (Lipinski definition) is 0. The van der Waals surface area contributed by atoms with Crippen molar-refractivity contribution in [1.29, 1.82) is 0 Å². The molecule has 1 aromatic heterocycles. The van der Waals surface area contributed by atoms with Crippen molar-refractivity contribution in [3.05, 3.63) is 20.8 Å². The van der Waals surface area contributed by atoms with Gasteiger partial charge in [0.05, 0.1) is 6.10 Å². The van der Waals surface area contributed by atoms with Gasteiger partial charge in [-0.25, -0.2) is 0 Å². The Balaban J connectivity index is 1.81. The van der Waals surface area contributed by atoms with E-state index >= 15 is 0 Å². The third kappa shape index (κ3) is 3.40. The summed E-state index contributed by atoms with van der Waals surface area (Å²) in [6.45, 7) is 0.822. The fourth-order valence-electron chi connectivity index (χ4n) is 1.77. The van der Waals surface area contributed by atoms with E-state index in [9.17, 15) is 4.79 Å². The van der Waals surface area contributed by atoms with Crippen molar-refractivity contribution in [1.82, 2.24) is 0 Å². The molecule has 1 aliphatic heterocycles.